The van der Waals surface area contributed by atoms with Gasteiger partial charge < -0.3 is 24.0 Å². The van der Waals surface area contributed by atoms with Crippen LogP contribution in [0.2, 0.25) is 0 Å². The zero-order valence-corrected chi connectivity index (χ0v) is 17.2. The number of aliphatic imine (C=N–C) groups is 1. The van der Waals surface area contributed by atoms with Gasteiger partial charge in [-0.1, -0.05) is 29.8 Å². The maximum Gasteiger partial charge on any atom is 0.289 e. The maximum absolute atomic E-state index is 12.4. The molecule has 1 fully saturated rings. The SMILES string of the molecule is CN=C(NCc1ncc(-c2ccc(C)cc2)o1)N1CCN(C(=O)c2ccco2)CC1. The Hall–Kier alpha value is -3.55. The van der Waals surface area contributed by atoms with Crippen LogP contribution in [0.25, 0.3) is 11.3 Å². The molecule has 3 heterocycles. The first-order chi connectivity index (χ1) is 14.6. The molecule has 0 atom stereocenters. The smallest absolute Gasteiger partial charge is 0.289 e. The van der Waals surface area contributed by atoms with E-state index in [1.807, 2.05) is 24.3 Å². The number of furan rings is 1. The number of nitrogens with zero attached hydrogens (tertiary/aromatic N) is 4. The average molecular weight is 407 g/mol. The number of carbonyl (C=O) groups is 1. The topological polar surface area (TPSA) is 87.1 Å². The van der Waals surface area contributed by atoms with E-state index in [9.17, 15) is 4.79 Å². The van der Waals surface area contributed by atoms with Crippen LogP contribution < -0.4 is 5.32 Å². The summed E-state index contributed by atoms with van der Waals surface area (Å²) in [7, 11) is 1.75. The van der Waals surface area contributed by atoms with Crippen molar-refractivity contribution < 1.29 is 13.6 Å². The third-order valence-corrected chi connectivity index (χ3v) is 5.10. The van der Waals surface area contributed by atoms with Gasteiger partial charge in [0.25, 0.3) is 5.91 Å². The van der Waals surface area contributed by atoms with Gasteiger partial charge in [0, 0.05) is 38.8 Å². The number of hydrogen-bond donors (Lipinski definition) is 1. The van der Waals surface area contributed by atoms with Gasteiger partial charge >= 0.3 is 0 Å². The minimum atomic E-state index is -0.0778. The third-order valence-electron chi connectivity index (χ3n) is 5.10. The van der Waals surface area contributed by atoms with E-state index in [-0.39, 0.29) is 5.91 Å². The lowest BCUT2D eigenvalue weighted by Crippen LogP contribution is -2.53. The van der Waals surface area contributed by atoms with Crippen LogP contribution >= 0.6 is 0 Å². The Morgan fingerprint density at radius 2 is 1.87 bits per heavy atom. The average Bonchev–Trinajstić information content (AvgIpc) is 3.47. The van der Waals surface area contributed by atoms with Crippen LogP contribution in [0, 0.1) is 6.92 Å². The highest BCUT2D eigenvalue weighted by Gasteiger charge is 2.25. The molecule has 0 unspecified atom stereocenters. The molecular formula is C22H25N5O3. The molecule has 8 nitrogen and oxygen atoms in total. The number of aromatic nitrogens is 1. The van der Waals surface area contributed by atoms with Crippen LogP contribution in [0.15, 0.2) is 62.7 Å². The van der Waals surface area contributed by atoms with Crippen molar-refractivity contribution in [2.24, 2.45) is 4.99 Å². The molecule has 0 radical (unpaired) electrons. The van der Waals surface area contributed by atoms with E-state index in [1.54, 1.807) is 30.3 Å². The Morgan fingerprint density at radius 3 is 2.53 bits per heavy atom. The fourth-order valence-corrected chi connectivity index (χ4v) is 3.41. The Kier molecular flexibility index (Phi) is 5.83. The summed E-state index contributed by atoms with van der Waals surface area (Å²) in [4.78, 5) is 25.0. The number of hydrogen-bond acceptors (Lipinski definition) is 5. The Labute approximate surface area is 175 Å². The standard InChI is InChI=1S/C22H25N5O3/c1-16-5-7-17(8-6-16)19-14-24-20(30-19)15-25-22(23-2)27-11-9-26(10-12-27)21(28)18-4-3-13-29-18/h3-8,13-14H,9-12,15H2,1-2H3,(H,23,25). The number of amides is 1. The molecule has 3 aromatic rings. The van der Waals surface area contributed by atoms with Gasteiger partial charge in [-0.15, -0.1) is 0 Å². The number of aryl methyl sites for hydroxylation is 1. The van der Waals surface area contributed by atoms with E-state index in [4.69, 9.17) is 8.83 Å². The molecule has 0 aliphatic carbocycles. The second-order valence-corrected chi connectivity index (χ2v) is 7.14. The zero-order chi connectivity index (χ0) is 20.9. The highest BCUT2D eigenvalue weighted by Crippen LogP contribution is 2.20. The number of nitrogens with one attached hydrogen (secondary N) is 1. The minimum Gasteiger partial charge on any atom is -0.459 e. The van der Waals surface area contributed by atoms with Gasteiger partial charge in [0.2, 0.25) is 5.89 Å². The van der Waals surface area contributed by atoms with Gasteiger partial charge in [-0.2, -0.15) is 0 Å². The van der Waals surface area contributed by atoms with Crippen LogP contribution in [-0.2, 0) is 6.54 Å². The molecule has 0 saturated carbocycles. The molecule has 1 N–H and O–H groups in total. The van der Waals surface area contributed by atoms with E-state index < -0.39 is 0 Å². The van der Waals surface area contributed by atoms with Crippen molar-refractivity contribution in [2.45, 2.75) is 13.5 Å². The van der Waals surface area contributed by atoms with Gasteiger partial charge in [0.1, 0.15) is 0 Å². The summed E-state index contributed by atoms with van der Waals surface area (Å²) in [6.07, 6.45) is 3.26. The lowest BCUT2D eigenvalue weighted by atomic mass is 10.1. The van der Waals surface area contributed by atoms with E-state index in [0.29, 0.717) is 44.4 Å². The molecule has 4 rings (SSSR count). The fourth-order valence-electron chi connectivity index (χ4n) is 3.41. The second-order valence-electron chi connectivity index (χ2n) is 7.14. The van der Waals surface area contributed by atoms with Crippen LogP contribution in [0.4, 0.5) is 0 Å². The number of oxazole rings is 1. The van der Waals surface area contributed by atoms with Crippen LogP contribution in [0.5, 0.6) is 0 Å². The van der Waals surface area contributed by atoms with Crippen molar-refractivity contribution >= 4 is 11.9 Å². The van der Waals surface area contributed by atoms with E-state index >= 15 is 0 Å². The Morgan fingerprint density at radius 1 is 1.13 bits per heavy atom. The number of piperazine rings is 1. The first-order valence-corrected chi connectivity index (χ1v) is 9.94. The van der Waals surface area contributed by atoms with E-state index in [1.165, 1.54) is 11.8 Å². The molecule has 8 heteroatoms. The first kappa shape index (κ1) is 19.8. The maximum atomic E-state index is 12.4. The predicted octanol–water partition coefficient (Wildman–Crippen LogP) is 2.78. The normalized spacial score (nSPS) is 14.8. The summed E-state index contributed by atoms with van der Waals surface area (Å²) in [5.41, 5.74) is 2.20. The largest absolute Gasteiger partial charge is 0.459 e. The summed E-state index contributed by atoms with van der Waals surface area (Å²) < 4.78 is 11.1. The van der Waals surface area contributed by atoms with Crippen molar-refractivity contribution in [3.63, 3.8) is 0 Å². The molecular weight excluding hydrogens is 382 g/mol. The summed E-state index contributed by atoms with van der Waals surface area (Å²) >= 11 is 0. The van der Waals surface area contributed by atoms with Crippen LogP contribution in [-0.4, -0.2) is 59.9 Å². The highest BCUT2D eigenvalue weighted by molar-refractivity contribution is 5.91. The molecule has 1 aliphatic rings. The quantitative estimate of drug-likeness (QED) is 0.529. The van der Waals surface area contributed by atoms with Crippen molar-refractivity contribution in [1.29, 1.82) is 0 Å². The number of rotatable bonds is 4. The van der Waals surface area contributed by atoms with Crippen molar-refractivity contribution in [3.8, 4) is 11.3 Å². The van der Waals surface area contributed by atoms with E-state index in [2.05, 4.69) is 27.1 Å². The first-order valence-electron chi connectivity index (χ1n) is 9.94. The Balaban J connectivity index is 1.30. The van der Waals surface area contributed by atoms with Crippen molar-refractivity contribution in [3.05, 3.63) is 66.1 Å². The second kappa shape index (κ2) is 8.86. The monoisotopic (exact) mass is 407 g/mol. The highest BCUT2D eigenvalue weighted by atomic mass is 16.4. The van der Waals surface area contributed by atoms with Gasteiger partial charge in [-0.3, -0.25) is 9.79 Å². The zero-order valence-electron chi connectivity index (χ0n) is 17.2. The van der Waals surface area contributed by atoms with Crippen LogP contribution in [0.3, 0.4) is 0 Å². The van der Waals surface area contributed by atoms with Gasteiger partial charge in [-0.05, 0) is 19.1 Å². The lowest BCUT2D eigenvalue weighted by Gasteiger charge is -2.36. The molecule has 1 amide bonds. The molecule has 1 saturated heterocycles. The molecule has 156 valence electrons. The minimum absolute atomic E-state index is 0.0778. The molecule has 0 spiro atoms. The van der Waals surface area contributed by atoms with Gasteiger partial charge in [-0.25, -0.2) is 4.98 Å². The Bertz CT molecular complexity index is 1000. The van der Waals surface area contributed by atoms with Crippen molar-refractivity contribution in [2.75, 3.05) is 33.2 Å². The summed E-state index contributed by atoms with van der Waals surface area (Å²) in [5, 5.41) is 3.30. The fraction of sp³-hybridized carbons (Fsp3) is 0.318. The van der Waals surface area contributed by atoms with Crippen LogP contribution in [0.1, 0.15) is 22.0 Å². The molecule has 0 bridgehead atoms. The van der Waals surface area contributed by atoms with Crippen molar-refractivity contribution in [1.82, 2.24) is 20.1 Å². The molecule has 1 aliphatic heterocycles. The summed E-state index contributed by atoms with van der Waals surface area (Å²) in [6, 6.07) is 11.6. The van der Waals surface area contributed by atoms with E-state index in [0.717, 1.165) is 17.3 Å². The molecule has 2 aromatic heterocycles. The summed E-state index contributed by atoms with van der Waals surface area (Å²) in [5.74, 6) is 2.39. The number of carbonyl (C=O) groups excluding carboxylic acids is 1. The molecule has 1 aromatic carbocycles. The van der Waals surface area contributed by atoms with Gasteiger partial charge in [0.15, 0.2) is 17.5 Å². The number of guanidine groups is 1. The van der Waals surface area contributed by atoms with Gasteiger partial charge in [0.05, 0.1) is 19.0 Å². The third kappa shape index (κ3) is 4.37. The lowest BCUT2D eigenvalue weighted by molar-refractivity contribution is 0.0657. The number of benzene rings is 1. The predicted molar refractivity (Wildman–Crippen MR) is 113 cm³/mol. The molecule has 30 heavy (non-hydrogen) atoms. The summed E-state index contributed by atoms with van der Waals surface area (Å²) in [6.45, 7) is 5.08.